The largest absolute Gasteiger partial charge is 0.484 e. The molecule has 1 saturated heterocycles. The van der Waals surface area contributed by atoms with E-state index in [0.29, 0.717) is 12.3 Å². The molecule has 1 unspecified atom stereocenters. The number of nitrogens with one attached hydrogen (secondary N) is 1. The van der Waals surface area contributed by atoms with Crippen molar-refractivity contribution in [1.29, 1.82) is 0 Å². The lowest BCUT2D eigenvalue weighted by Gasteiger charge is -2.32. The molecule has 0 radical (unpaired) electrons. The molecule has 5 nitrogen and oxygen atoms in total. The van der Waals surface area contributed by atoms with Crippen LogP contribution in [0.5, 0.6) is 5.75 Å². The Bertz CT molecular complexity index is 447. The average molecular weight is 291 g/mol. The summed E-state index contributed by atoms with van der Waals surface area (Å²) in [7, 11) is 0. The number of carbonyl (C=O) groups is 1. The molecule has 1 aromatic rings. The minimum absolute atomic E-state index is 0.0548. The normalized spacial score (nSPS) is 19.2. The van der Waals surface area contributed by atoms with Gasteiger partial charge in [0.1, 0.15) is 5.75 Å². The van der Waals surface area contributed by atoms with E-state index in [-0.39, 0.29) is 18.6 Å². The quantitative estimate of drug-likeness (QED) is 0.824. The van der Waals surface area contributed by atoms with E-state index in [9.17, 15) is 4.79 Å². The van der Waals surface area contributed by atoms with Crippen molar-refractivity contribution >= 4 is 5.91 Å². The van der Waals surface area contributed by atoms with E-state index in [1.54, 1.807) is 0 Å². The van der Waals surface area contributed by atoms with E-state index >= 15 is 0 Å². The minimum atomic E-state index is -0.0548. The van der Waals surface area contributed by atoms with Gasteiger partial charge in [-0.3, -0.25) is 4.79 Å². The van der Waals surface area contributed by atoms with Gasteiger partial charge in [0.05, 0.1) is 0 Å². The molecule has 21 heavy (non-hydrogen) atoms. The molecule has 116 valence electrons. The van der Waals surface area contributed by atoms with Crippen LogP contribution in [0.15, 0.2) is 24.3 Å². The van der Waals surface area contributed by atoms with E-state index in [1.165, 1.54) is 0 Å². The molecule has 1 heterocycles. The molecule has 5 heteroatoms. The zero-order chi connectivity index (χ0) is 15.1. The molecular weight excluding hydrogens is 266 g/mol. The average Bonchev–Trinajstić information content (AvgIpc) is 2.53. The maximum absolute atomic E-state index is 11.9. The first kappa shape index (κ1) is 15.8. The summed E-state index contributed by atoms with van der Waals surface area (Å²) < 4.78 is 5.50. The van der Waals surface area contributed by atoms with Gasteiger partial charge in [-0.05, 0) is 43.6 Å². The molecule has 1 atom stereocenters. The SMILES string of the molecule is CCN1CCCC(NC(=O)COc2ccc(CN)cc2)C1. The van der Waals surface area contributed by atoms with Gasteiger partial charge in [0, 0.05) is 19.1 Å². The van der Waals surface area contributed by atoms with Crippen LogP contribution < -0.4 is 15.8 Å². The lowest BCUT2D eigenvalue weighted by Crippen LogP contribution is -2.48. The topological polar surface area (TPSA) is 67.6 Å². The summed E-state index contributed by atoms with van der Waals surface area (Å²) in [5.74, 6) is 0.641. The van der Waals surface area contributed by atoms with Crippen molar-refractivity contribution in [3.05, 3.63) is 29.8 Å². The molecule has 1 aromatic carbocycles. The molecule has 0 aliphatic carbocycles. The Morgan fingerprint density at radius 2 is 2.19 bits per heavy atom. The van der Waals surface area contributed by atoms with E-state index in [2.05, 4.69) is 17.1 Å². The van der Waals surface area contributed by atoms with Gasteiger partial charge in [-0.2, -0.15) is 0 Å². The highest BCUT2D eigenvalue weighted by molar-refractivity contribution is 5.77. The standard InChI is InChI=1S/C16H25N3O2/c1-2-19-9-3-4-14(11-19)18-16(20)12-21-15-7-5-13(10-17)6-8-15/h5-8,14H,2-4,9-12,17H2,1H3,(H,18,20). The highest BCUT2D eigenvalue weighted by Gasteiger charge is 2.20. The number of ether oxygens (including phenoxy) is 1. The lowest BCUT2D eigenvalue weighted by molar-refractivity contribution is -0.124. The number of benzene rings is 1. The third-order valence-electron chi connectivity index (χ3n) is 3.85. The molecule has 1 aliphatic heterocycles. The Morgan fingerprint density at radius 3 is 2.86 bits per heavy atom. The fourth-order valence-corrected chi connectivity index (χ4v) is 2.60. The van der Waals surface area contributed by atoms with Crippen molar-refractivity contribution in [3.8, 4) is 5.75 Å². The van der Waals surface area contributed by atoms with Crippen LogP contribution in [0.1, 0.15) is 25.3 Å². The van der Waals surface area contributed by atoms with E-state index < -0.39 is 0 Å². The fraction of sp³-hybridized carbons (Fsp3) is 0.562. The first-order chi connectivity index (χ1) is 10.2. The third-order valence-corrected chi connectivity index (χ3v) is 3.85. The van der Waals surface area contributed by atoms with Crippen molar-refractivity contribution < 1.29 is 9.53 Å². The Hall–Kier alpha value is -1.59. The van der Waals surface area contributed by atoms with E-state index in [1.807, 2.05) is 24.3 Å². The predicted molar refractivity (Wildman–Crippen MR) is 83.1 cm³/mol. The highest BCUT2D eigenvalue weighted by atomic mass is 16.5. The molecule has 2 rings (SSSR count). The van der Waals surface area contributed by atoms with Crippen molar-refractivity contribution in [2.45, 2.75) is 32.4 Å². The van der Waals surface area contributed by atoms with Crippen LogP contribution in [0.3, 0.4) is 0 Å². The number of carbonyl (C=O) groups excluding carboxylic acids is 1. The summed E-state index contributed by atoms with van der Waals surface area (Å²) >= 11 is 0. The zero-order valence-corrected chi connectivity index (χ0v) is 12.7. The van der Waals surface area contributed by atoms with Gasteiger partial charge in [-0.15, -0.1) is 0 Å². The number of likely N-dealkylation sites (tertiary alicyclic amines) is 1. The lowest BCUT2D eigenvalue weighted by atomic mass is 10.1. The van der Waals surface area contributed by atoms with Crippen molar-refractivity contribution in [2.24, 2.45) is 5.73 Å². The van der Waals surface area contributed by atoms with Crippen molar-refractivity contribution in [2.75, 3.05) is 26.2 Å². The molecule has 0 saturated carbocycles. The predicted octanol–water partition coefficient (Wildman–Crippen LogP) is 1.12. The number of likely N-dealkylation sites (N-methyl/N-ethyl adjacent to an activating group) is 1. The molecular formula is C16H25N3O2. The van der Waals surface area contributed by atoms with Crippen LogP contribution in [0.25, 0.3) is 0 Å². The molecule has 1 fully saturated rings. The van der Waals surface area contributed by atoms with Crippen molar-refractivity contribution in [3.63, 3.8) is 0 Å². The minimum Gasteiger partial charge on any atom is -0.484 e. The zero-order valence-electron chi connectivity index (χ0n) is 12.7. The number of hydrogen-bond donors (Lipinski definition) is 2. The summed E-state index contributed by atoms with van der Waals surface area (Å²) in [6.07, 6.45) is 2.19. The highest BCUT2D eigenvalue weighted by Crippen LogP contribution is 2.12. The second-order valence-electron chi connectivity index (χ2n) is 5.44. The monoisotopic (exact) mass is 291 g/mol. The number of nitrogens with two attached hydrogens (primary N) is 1. The summed E-state index contributed by atoms with van der Waals surface area (Å²) in [4.78, 5) is 14.3. The Morgan fingerprint density at radius 1 is 1.43 bits per heavy atom. The molecule has 0 spiro atoms. The molecule has 3 N–H and O–H groups in total. The Balaban J connectivity index is 1.73. The van der Waals surface area contributed by atoms with Crippen molar-refractivity contribution in [1.82, 2.24) is 10.2 Å². The van der Waals surface area contributed by atoms with Gasteiger partial charge < -0.3 is 20.7 Å². The number of amides is 1. The molecule has 0 aromatic heterocycles. The van der Waals surface area contributed by atoms with E-state index in [0.717, 1.165) is 38.0 Å². The van der Waals surface area contributed by atoms with Crippen LogP contribution >= 0.6 is 0 Å². The number of rotatable bonds is 6. The van der Waals surface area contributed by atoms with Crippen LogP contribution in [0, 0.1) is 0 Å². The molecule has 0 bridgehead atoms. The van der Waals surface area contributed by atoms with Gasteiger partial charge in [0.2, 0.25) is 0 Å². The molecule has 1 aliphatic rings. The summed E-state index contributed by atoms with van der Waals surface area (Å²) in [5.41, 5.74) is 6.59. The number of nitrogens with zero attached hydrogens (tertiary/aromatic N) is 1. The smallest absolute Gasteiger partial charge is 0.258 e. The van der Waals surface area contributed by atoms with Crippen LogP contribution in [0.4, 0.5) is 0 Å². The van der Waals surface area contributed by atoms with Gasteiger partial charge in [0.15, 0.2) is 6.61 Å². The number of piperidine rings is 1. The first-order valence-corrected chi connectivity index (χ1v) is 7.64. The maximum atomic E-state index is 11.9. The Kier molecular flexibility index (Phi) is 6.02. The summed E-state index contributed by atoms with van der Waals surface area (Å²) in [6, 6.07) is 7.75. The third kappa shape index (κ3) is 5.02. The van der Waals surface area contributed by atoms with E-state index in [4.69, 9.17) is 10.5 Å². The second kappa shape index (κ2) is 8.00. The van der Waals surface area contributed by atoms with Gasteiger partial charge in [-0.1, -0.05) is 19.1 Å². The van der Waals surface area contributed by atoms with Gasteiger partial charge in [0.25, 0.3) is 5.91 Å². The summed E-state index contributed by atoms with van der Waals surface area (Å²) in [6.45, 7) is 5.83. The first-order valence-electron chi connectivity index (χ1n) is 7.64. The van der Waals surface area contributed by atoms with Gasteiger partial charge in [-0.25, -0.2) is 0 Å². The Labute approximate surface area is 126 Å². The number of hydrogen-bond acceptors (Lipinski definition) is 4. The fourth-order valence-electron chi connectivity index (χ4n) is 2.60. The van der Waals surface area contributed by atoms with Crippen LogP contribution in [-0.2, 0) is 11.3 Å². The molecule has 1 amide bonds. The second-order valence-corrected chi connectivity index (χ2v) is 5.44. The van der Waals surface area contributed by atoms with Crippen LogP contribution in [0.2, 0.25) is 0 Å². The van der Waals surface area contributed by atoms with Crippen LogP contribution in [-0.4, -0.2) is 43.1 Å². The van der Waals surface area contributed by atoms with Gasteiger partial charge >= 0.3 is 0 Å². The maximum Gasteiger partial charge on any atom is 0.258 e. The summed E-state index contributed by atoms with van der Waals surface area (Å²) in [5, 5.41) is 3.05.